The van der Waals surface area contributed by atoms with E-state index < -0.39 is 0 Å². The Hall–Kier alpha value is -1.72. The van der Waals surface area contributed by atoms with Crippen LogP contribution in [0, 0.1) is 0 Å². The molecule has 0 N–H and O–H groups in total. The molecule has 3 rings (SSSR count). The van der Waals surface area contributed by atoms with Gasteiger partial charge in [-0.15, -0.1) is 11.8 Å². The fraction of sp³-hybridized carbons (Fsp3) is 0.214. The molecule has 0 radical (unpaired) electrons. The lowest BCUT2D eigenvalue weighted by Crippen LogP contribution is -2.05. The van der Waals surface area contributed by atoms with Gasteiger partial charge in [0.2, 0.25) is 0 Å². The molecule has 0 atom stereocenters. The van der Waals surface area contributed by atoms with Crippen molar-refractivity contribution in [3.05, 3.63) is 41.2 Å². The van der Waals surface area contributed by atoms with Crippen LogP contribution in [0.5, 0.6) is 0 Å². The molecule has 96 valence electrons. The summed E-state index contributed by atoms with van der Waals surface area (Å²) in [6.45, 7) is 0.344. The van der Waals surface area contributed by atoms with Crippen LogP contribution in [0.4, 0.5) is 0 Å². The fourth-order valence-corrected chi connectivity index (χ4v) is 2.84. The number of benzene rings is 1. The largest absolute Gasteiger partial charge is 0.377 e. The lowest BCUT2D eigenvalue weighted by molar-refractivity contribution is 0.103. The summed E-state index contributed by atoms with van der Waals surface area (Å²) in [7, 11) is 1.61. The third-order valence-electron chi connectivity index (χ3n) is 3.04. The predicted molar refractivity (Wildman–Crippen MR) is 73.4 cm³/mol. The molecule has 1 heterocycles. The van der Waals surface area contributed by atoms with Crippen LogP contribution >= 0.6 is 11.8 Å². The molecule has 1 aliphatic carbocycles. The van der Waals surface area contributed by atoms with E-state index in [-0.39, 0.29) is 5.78 Å². The van der Waals surface area contributed by atoms with Crippen molar-refractivity contribution < 1.29 is 9.53 Å². The first-order valence-electron chi connectivity index (χ1n) is 5.84. The first-order chi connectivity index (χ1) is 9.26. The van der Waals surface area contributed by atoms with Crippen LogP contribution in [0.15, 0.2) is 29.3 Å². The number of carbonyl (C=O) groups excluding carboxylic acids is 1. The summed E-state index contributed by atoms with van der Waals surface area (Å²) in [6.07, 6.45) is 1.91. The van der Waals surface area contributed by atoms with E-state index in [9.17, 15) is 4.79 Å². The number of fused-ring (bicyclic) bond motifs is 3. The second-order valence-corrected chi connectivity index (χ2v) is 4.98. The summed E-state index contributed by atoms with van der Waals surface area (Å²) >= 11 is 1.46. The molecule has 1 aromatic heterocycles. The second kappa shape index (κ2) is 4.75. The van der Waals surface area contributed by atoms with Crippen LogP contribution in [0.2, 0.25) is 0 Å². The fourth-order valence-electron chi connectivity index (χ4n) is 2.25. The smallest absolute Gasteiger partial charge is 0.198 e. The monoisotopic (exact) mass is 272 g/mol. The second-order valence-electron chi connectivity index (χ2n) is 4.18. The van der Waals surface area contributed by atoms with Gasteiger partial charge in [-0.3, -0.25) is 4.79 Å². The van der Waals surface area contributed by atoms with Crippen LogP contribution in [0.3, 0.4) is 0 Å². The number of nitrogens with zero attached hydrogens (tertiary/aromatic N) is 2. The molecule has 0 saturated heterocycles. The molecule has 2 aromatic rings. The van der Waals surface area contributed by atoms with Crippen LogP contribution in [0.25, 0.3) is 11.3 Å². The molecule has 0 unspecified atom stereocenters. The van der Waals surface area contributed by atoms with Crippen molar-refractivity contribution in [2.45, 2.75) is 11.6 Å². The average molecular weight is 272 g/mol. The van der Waals surface area contributed by atoms with Crippen molar-refractivity contribution in [1.29, 1.82) is 0 Å². The lowest BCUT2D eigenvalue weighted by atomic mass is 10.1. The molecular formula is C14H12N2O2S. The Labute approximate surface area is 115 Å². The Morgan fingerprint density at radius 2 is 1.95 bits per heavy atom. The Bertz CT molecular complexity index is 670. The van der Waals surface area contributed by atoms with Gasteiger partial charge in [0.05, 0.1) is 11.3 Å². The van der Waals surface area contributed by atoms with Crippen molar-refractivity contribution >= 4 is 17.5 Å². The first kappa shape index (κ1) is 12.3. The minimum atomic E-state index is 0.0129. The Morgan fingerprint density at radius 1 is 1.21 bits per heavy atom. The highest BCUT2D eigenvalue weighted by Gasteiger charge is 2.31. The minimum absolute atomic E-state index is 0.0129. The van der Waals surface area contributed by atoms with Crippen molar-refractivity contribution in [2.24, 2.45) is 0 Å². The first-order valence-corrected chi connectivity index (χ1v) is 7.06. The van der Waals surface area contributed by atoms with E-state index in [1.54, 1.807) is 7.11 Å². The maximum atomic E-state index is 12.4. The van der Waals surface area contributed by atoms with Crippen molar-refractivity contribution in [3.8, 4) is 11.3 Å². The Balaban J connectivity index is 2.27. The number of ether oxygens (including phenoxy) is 1. The van der Waals surface area contributed by atoms with Crippen LogP contribution in [-0.2, 0) is 11.3 Å². The molecule has 1 aliphatic rings. The minimum Gasteiger partial charge on any atom is -0.377 e. The summed E-state index contributed by atoms with van der Waals surface area (Å²) in [5, 5.41) is 0.721. The molecule has 4 nitrogen and oxygen atoms in total. The van der Waals surface area contributed by atoms with E-state index in [0.29, 0.717) is 23.6 Å². The SMILES string of the molecule is COCc1nc(SC)c2c(n1)-c1ccccc1C2=O. The molecule has 19 heavy (non-hydrogen) atoms. The van der Waals surface area contributed by atoms with Gasteiger partial charge in [0.1, 0.15) is 11.6 Å². The zero-order chi connectivity index (χ0) is 13.4. The van der Waals surface area contributed by atoms with Gasteiger partial charge in [-0.2, -0.15) is 0 Å². The van der Waals surface area contributed by atoms with E-state index in [0.717, 1.165) is 16.3 Å². The molecule has 0 bridgehead atoms. The standard InChI is InChI=1S/C14H12N2O2S/c1-18-7-10-15-12-8-5-3-4-6-9(8)13(17)11(12)14(16-10)19-2/h3-6H,7H2,1-2H3. The average Bonchev–Trinajstić information content (AvgIpc) is 2.73. The number of methoxy groups -OCH3 is 1. The van der Waals surface area contributed by atoms with Crippen molar-refractivity contribution in [2.75, 3.05) is 13.4 Å². The molecule has 0 amide bonds. The highest BCUT2D eigenvalue weighted by molar-refractivity contribution is 7.98. The van der Waals surface area contributed by atoms with Gasteiger partial charge in [-0.05, 0) is 6.26 Å². The zero-order valence-electron chi connectivity index (χ0n) is 10.6. The van der Waals surface area contributed by atoms with Gasteiger partial charge in [0.15, 0.2) is 11.6 Å². The molecule has 0 aliphatic heterocycles. The molecule has 0 fully saturated rings. The summed E-state index contributed by atoms with van der Waals surface area (Å²) in [5.41, 5.74) is 2.94. The number of hydrogen-bond acceptors (Lipinski definition) is 5. The number of thioether (sulfide) groups is 1. The van der Waals surface area contributed by atoms with E-state index >= 15 is 0 Å². The van der Waals surface area contributed by atoms with Crippen molar-refractivity contribution in [3.63, 3.8) is 0 Å². The summed E-state index contributed by atoms with van der Waals surface area (Å²) in [5.74, 6) is 0.619. The Kier molecular flexibility index (Phi) is 3.08. The maximum Gasteiger partial charge on any atom is 0.198 e. The predicted octanol–water partition coefficient (Wildman–Crippen LogP) is 2.56. The molecule has 1 aromatic carbocycles. The topological polar surface area (TPSA) is 52.1 Å². The summed E-state index contributed by atoms with van der Waals surface area (Å²) < 4.78 is 5.08. The van der Waals surface area contributed by atoms with Gasteiger partial charge in [-0.1, -0.05) is 24.3 Å². The molecule has 5 heteroatoms. The number of rotatable bonds is 3. The highest BCUT2D eigenvalue weighted by atomic mass is 32.2. The van der Waals surface area contributed by atoms with E-state index in [2.05, 4.69) is 9.97 Å². The maximum absolute atomic E-state index is 12.4. The van der Waals surface area contributed by atoms with E-state index in [1.165, 1.54) is 11.8 Å². The Morgan fingerprint density at radius 3 is 2.63 bits per heavy atom. The highest BCUT2D eigenvalue weighted by Crippen LogP contribution is 2.38. The van der Waals surface area contributed by atoms with Gasteiger partial charge in [-0.25, -0.2) is 9.97 Å². The van der Waals surface area contributed by atoms with Gasteiger partial charge in [0, 0.05) is 18.2 Å². The van der Waals surface area contributed by atoms with Crippen LogP contribution in [0.1, 0.15) is 21.7 Å². The van der Waals surface area contributed by atoms with Gasteiger partial charge in [0.25, 0.3) is 0 Å². The normalized spacial score (nSPS) is 12.4. The zero-order valence-corrected chi connectivity index (χ0v) is 11.5. The summed E-state index contributed by atoms with van der Waals surface area (Å²) in [4.78, 5) is 21.3. The van der Waals surface area contributed by atoms with Crippen molar-refractivity contribution in [1.82, 2.24) is 9.97 Å². The van der Waals surface area contributed by atoms with E-state index in [1.807, 2.05) is 30.5 Å². The quantitative estimate of drug-likeness (QED) is 0.542. The molecule has 0 saturated carbocycles. The summed E-state index contributed by atoms with van der Waals surface area (Å²) in [6, 6.07) is 7.54. The molecular weight excluding hydrogens is 260 g/mol. The molecule has 0 spiro atoms. The number of hydrogen-bond donors (Lipinski definition) is 0. The lowest BCUT2D eigenvalue weighted by Gasteiger charge is -2.06. The third-order valence-corrected chi connectivity index (χ3v) is 3.72. The number of aromatic nitrogens is 2. The van der Waals surface area contributed by atoms with Gasteiger partial charge < -0.3 is 4.74 Å². The third kappa shape index (κ3) is 1.86. The van der Waals surface area contributed by atoms with Crippen LogP contribution < -0.4 is 0 Å². The van der Waals surface area contributed by atoms with E-state index in [4.69, 9.17) is 4.74 Å². The number of ketones is 1. The van der Waals surface area contributed by atoms with Crippen LogP contribution in [-0.4, -0.2) is 29.1 Å². The number of carbonyl (C=O) groups is 1. The van der Waals surface area contributed by atoms with Gasteiger partial charge >= 0.3 is 0 Å².